The van der Waals surface area contributed by atoms with Crippen LogP contribution in [0.3, 0.4) is 0 Å². The zero-order chi connectivity index (χ0) is 13.7. The molecule has 2 rings (SSSR count). The average Bonchev–Trinajstić information content (AvgIpc) is 2.37. The molecule has 0 radical (unpaired) electrons. The first kappa shape index (κ1) is 14.8. The van der Waals surface area contributed by atoms with Gasteiger partial charge in [0.15, 0.2) is 0 Å². The molecule has 1 aliphatic heterocycles. The van der Waals surface area contributed by atoms with Crippen molar-refractivity contribution in [3.63, 3.8) is 0 Å². The van der Waals surface area contributed by atoms with E-state index in [0.29, 0.717) is 30.3 Å². The number of amides is 1. The van der Waals surface area contributed by atoms with E-state index in [2.05, 4.69) is 5.32 Å². The summed E-state index contributed by atoms with van der Waals surface area (Å²) in [5, 5.41) is 3.41. The minimum atomic E-state index is 0.311. The lowest BCUT2D eigenvalue weighted by Gasteiger charge is -2.36. The molecule has 1 aliphatic carbocycles. The van der Waals surface area contributed by atoms with Gasteiger partial charge in [0.1, 0.15) is 0 Å². The molecule has 2 fully saturated rings. The van der Waals surface area contributed by atoms with Crippen molar-refractivity contribution in [2.75, 3.05) is 33.3 Å². The Morgan fingerprint density at radius 2 is 2.16 bits per heavy atom. The Labute approximate surface area is 116 Å². The van der Waals surface area contributed by atoms with E-state index in [1.165, 1.54) is 12.8 Å². The zero-order valence-electron chi connectivity index (χ0n) is 12.4. The van der Waals surface area contributed by atoms with Crippen LogP contribution in [0.15, 0.2) is 0 Å². The second kappa shape index (κ2) is 7.25. The molecule has 0 bridgehead atoms. The maximum atomic E-state index is 12.1. The minimum absolute atomic E-state index is 0.311. The second-order valence-electron chi connectivity index (χ2n) is 6.11. The highest BCUT2D eigenvalue weighted by atomic mass is 16.5. The van der Waals surface area contributed by atoms with Gasteiger partial charge in [-0.15, -0.1) is 0 Å². The summed E-state index contributed by atoms with van der Waals surface area (Å²) < 4.78 is 5.54. The van der Waals surface area contributed by atoms with E-state index in [-0.39, 0.29) is 0 Å². The number of carbonyl (C=O) groups is 1. The number of ether oxygens (including phenoxy) is 1. The lowest BCUT2D eigenvalue weighted by atomic mass is 9.79. The molecule has 1 saturated heterocycles. The molecule has 1 saturated carbocycles. The van der Waals surface area contributed by atoms with Crippen molar-refractivity contribution in [3.05, 3.63) is 0 Å². The van der Waals surface area contributed by atoms with Crippen molar-refractivity contribution in [2.24, 2.45) is 11.8 Å². The lowest BCUT2D eigenvalue weighted by molar-refractivity contribution is -0.133. The molecule has 0 aromatic heterocycles. The van der Waals surface area contributed by atoms with Crippen molar-refractivity contribution in [2.45, 2.75) is 45.1 Å². The van der Waals surface area contributed by atoms with Crippen LogP contribution in [0.5, 0.6) is 0 Å². The van der Waals surface area contributed by atoms with Crippen LogP contribution in [0.4, 0.5) is 0 Å². The molecule has 0 aromatic rings. The summed E-state index contributed by atoms with van der Waals surface area (Å²) in [4.78, 5) is 14.1. The number of hydrogen-bond acceptors (Lipinski definition) is 3. The first-order chi connectivity index (χ1) is 9.19. The molecule has 1 amide bonds. The molecule has 19 heavy (non-hydrogen) atoms. The van der Waals surface area contributed by atoms with Gasteiger partial charge in [0.05, 0.1) is 6.10 Å². The summed E-state index contributed by atoms with van der Waals surface area (Å²) in [5.74, 6) is 1.50. The van der Waals surface area contributed by atoms with Crippen LogP contribution in [-0.2, 0) is 9.53 Å². The summed E-state index contributed by atoms with van der Waals surface area (Å²) >= 11 is 0. The van der Waals surface area contributed by atoms with Gasteiger partial charge in [-0.3, -0.25) is 4.79 Å². The van der Waals surface area contributed by atoms with E-state index in [0.717, 1.165) is 39.1 Å². The third-order valence-corrected chi connectivity index (χ3v) is 4.41. The van der Waals surface area contributed by atoms with Gasteiger partial charge in [-0.1, -0.05) is 0 Å². The molecule has 4 heteroatoms. The highest BCUT2D eigenvalue weighted by molar-refractivity contribution is 5.76. The van der Waals surface area contributed by atoms with E-state index < -0.39 is 0 Å². The van der Waals surface area contributed by atoms with Crippen LogP contribution < -0.4 is 5.32 Å². The molecule has 0 spiro atoms. The fourth-order valence-electron chi connectivity index (χ4n) is 3.18. The van der Waals surface area contributed by atoms with Crippen molar-refractivity contribution < 1.29 is 9.53 Å². The summed E-state index contributed by atoms with van der Waals surface area (Å²) in [5.41, 5.74) is 0. The molecular weight excluding hydrogens is 240 g/mol. The number of carbonyl (C=O) groups excluding carboxylic acids is 1. The minimum Gasteiger partial charge on any atom is -0.378 e. The monoisotopic (exact) mass is 268 g/mol. The summed E-state index contributed by atoms with van der Waals surface area (Å²) in [7, 11) is 1.95. The quantitative estimate of drug-likeness (QED) is 0.796. The van der Waals surface area contributed by atoms with E-state index in [1.54, 1.807) is 0 Å². The summed E-state index contributed by atoms with van der Waals surface area (Å²) in [6, 6.07) is 0. The number of piperidine rings is 1. The second-order valence-corrected chi connectivity index (χ2v) is 6.11. The summed E-state index contributed by atoms with van der Waals surface area (Å²) in [6.45, 7) is 5.93. The predicted molar refractivity (Wildman–Crippen MR) is 76.0 cm³/mol. The van der Waals surface area contributed by atoms with Crippen LogP contribution in [0.1, 0.15) is 39.0 Å². The van der Waals surface area contributed by atoms with E-state index in [9.17, 15) is 4.79 Å². The molecule has 1 N–H and O–H groups in total. The maximum Gasteiger partial charge on any atom is 0.222 e. The van der Waals surface area contributed by atoms with Crippen molar-refractivity contribution in [1.82, 2.24) is 10.2 Å². The normalized spacial score (nSPS) is 30.7. The van der Waals surface area contributed by atoms with E-state index >= 15 is 0 Å². The van der Waals surface area contributed by atoms with Crippen LogP contribution in [-0.4, -0.2) is 50.2 Å². The standard InChI is InChI=1S/C15H28N2O2/c1-3-19-14-7-13(8-14)9-15(18)17(2)11-12-5-4-6-16-10-12/h12-14,16H,3-11H2,1-2H3. The Balaban J connectivity index is 1.62. The summed E-state index contributed by atoms with van der Waals surface area (Å²) in [6.07, 6.45) is 5.75. The molecule has 2 aliphatic rings. The Morgan fingerprint density at radius 3 is 2.79 bits per heavy atom. The van der Waals surface area contributed by atoms with Gasteiger partial charge in [0, 0.05) is 26.6 Å². The molecule has 1 unspecified atom stereocenters. The number of hydrogen-bond donors (Lipinski definition) is 1. The fourth-order valence-corrected chi connectivity index (χ4v) is 3.18. The van der Waals surface area contributed by atoms with Crippen molar-refractivity contribution in [3.8, 4) is 0 Å². The zero-order valence-corrected chi connectivity index (χ0v) is 12.4. The fraction of sp³-hybridized carbons (Fsp3) is 0.933. The number of nitrogens with zero attached hydrogens (tertiary/aromatic N) is 1. The van der Waals surface area contributed by atoms with Crippen molar-refractivity contribution in [1.29, 1.82) is 0 Å². The first-order valence-electron chi connectivity index (χ1n) is 7.75. The van der Waals surface area contributed by atoms with E-state index in [1.807, 2.05) is 18.9 Å². The molecule has 110 valence electrons. The smallest absolute Gasteiger partial charge is 0.222 e. The van der Waals surface area contributed by atoms with Crippen LogP contribution in [0.25, 0.3) is 0 Å². The number of rotatable bonds is 6. The van der Waals surface area contributed by atoms with Crippen molar-refractivity contribution >= 4 is 5.91 Å². The molecule has 1 atom stereocenters. The molecule has 0 aromatic carbocycles. The molecule has 4 nitrogen and oxygen atoms in total. The van der Waals surface area contributed by atoms with Gasteiger partial charge in [0.25, 0.3) is 0 Å². The van der Waals surface area contributed by atoms with Gasteiger partial charge in [-0.05, 0) is 57.5 Å². The Hall–Kier alpha value is -0.610. The predicted octanol–water partition coefficient (Wildman–Crippen LogP) is 1.65. The molecular formula is C15H28N2O2. The number of nitrogens with one attached hydrogen (secondary N) is 1. The SMILES string of the molecule is CCOC1CC(CC(=O)N(C)CC2CCCNC2)C1. The third-order valence-electron chi connectivity index (χ3n) is 4.41. The highest BCUT2D eigenvalue weighted by Crippen LogP contribution is 2.33. The topological polar surface area (TPSA) is 41.6 Å². The van der Waals surface area contributed by atoms with Crippen LogP contribution in [0, 0.1) is 11.8 Å². The Kier molecular flexibility index (Phi) is 5.64. The largest absolute Gasteiger partial charge is 0.378 e. The van der Waals surface area contributed by atoms with Crippen LogP contribution >= 0.6 is 0 Å². The van der Waals surface area contributed by atoms with Gasteiger partial charge < -0.3 is 15.0 Å². The van der Waals surface area contributed by atoms with Gasteiger partial charge >= 0.3 is 0 Å². The highest BCUT2D eigenvalue weighted by Gasteiger charge is 2.32. The van der Waals surface area contributed by atoms with Gasteiger partial charge in [0.2, 0.25) is 5.91 Å². The molecule has 1 heterocycles. The average molecular weight is 268 g/mol. The van der Waals surface area contributed by atoms with Crippen LogP contribution in [0.2, 0.25) is 0 Å². The maximum absolute atomic E-state index is 12.1. The first-order valence-corrected chi connectivity index (χ1v) is 7.75. The third kappa shape index (κ3) is 4.46. The van der Waals surface area contributed by atoms with Gasteiger partial charge in [-0.2, -0.15) is 0 Å². The lowest BCUT2D eigenvalue weighted by Crippen LogP contribution is -2.41. The van der Waals surface area contributed by atoms with Gasteiger partial charge in [-0.25, -0.2) is 0 Å². The Bertz CT molecular complexity index is 284. The Morgan fingerprint density at radius 1 is 1.37 bits per heavy atom. The van der Waals surface area contributed by atoms with E-state index in [4.69, 9.17) is 4.74 Å².